The Labute approximate surface area is 191 Å². The van der Waals surface area contributed by atoms with Crippen LogP contribution in [0.25, 0.3) is 10.8 Å². The molecule has 0 fully saturated rings. The van der Waals surface area contributed by atoms with Crippen LogP contribution in [-0.4, -0.2) is 34.4 Å². The van der Waals surface area contributed by atoms with Crippen molar-refractivity contribution in [2.75, 3.05) is 30.5 Å². The monoisotopic (exact) mass is 446 g/mol. The largest absolute Gasteiger partial charge is 0.339 e. The highest BCUT2D eigenvalue weighted by atomic mass is 32.2. The van der Waals surface area contributed by atoms with E-state index in [1.54, 1.807) is 22.5 Å². The molecule has 0 aliphatic heterocycles. The number of aromatic nitrogens is 3. The maximum atomic E-state index is 13.3. The Morgan fingerprint density at radius 1 is 1.03 bits per heavy atom. The molecule has 4 rings (SSSR count). The fourth-order valence-electron chi connectivity index (χ4n) is 3.41. The van der Waals surface area contributed by atoms with Crippen LogP contribution < -0.4 is 21.5 Å². The molecule has 1 aromatic carbocycles. The van der Waals surface area contributed by atoms with Crippen molar-refractivity contribution in [3.05, 3.63) is 76.8 Å². The number of hydrogen-bond acceptors (Lipinski definition) is 7. The second-order valence-electron chi connectivity index (χ2n) is 7.44. The predicted octanol–water partition coefficient (Wildman–Crippen LogP) is 4.53. The summed E-state index contributed by atoms with van der Waals surface area (Å²) in [4.78, 5) is 23.6. The van der Waals surface area contributed by atoms with Crippen LogP contribution in [0, 0.1) is 6.92 Å². The lowest BCUT2D eigenvalue weighted by Gasteiger charge is -2.14. The van der Waals surface area contributed by atoms with Gasteiger partial charge in [0.15, 0.2) is 0 Å². The molecule has 0 spiro atoms. The van der Waals surface area contributed by atoms with E-state index in [-0.39, 0.29) is 5.56 Å². The maximum Gasteiger partial charge on any atom is 0.262 e. The van der Waals surface area contributed by atoms with E-state index in [0.717, 1.165) is 16.6 Å². The summed E-state index contributed by atoms with van der Waals surface area (Å²) in [7, 11) is 1.87. The van der Waals surface area contributed by atoms with Gasteiger partial charge in [-0.3, -0.25) is 4.79 Å². The predicted molar refractivity (Wildman–Crippen MR) is 134 cm³/mol. The van der Waals surface area contributed by atoms with E-state index in [4.69, 9.17) is 4.98 Å². The molecule has 7 nitrogen and oxygen atoms in total. The number of fused-ring (bicyclic) bond motifs is 1. The topological polar surface area (TPSA) is 83.9 Å². The van der Waals surface area contributed by atoms with Crippen molar-refractivity contribution in [2.45, 2.75) is 18.4 Å². The molecule has 4 aromatic rings. The van der Waals surface area contributed by atoms with Crippen LogP contribution in [0.5, 0.6) is 0 Å². The molecule has 164 valence electrons. The van der Waals surface area contributed by atoms with Gasteiger partial charge in [0, 0.05) is 36.1 Å². The van der Waals surface area contributed by atoms with Crippen LogP contribution in [0.4, 0.5) is 23.1 Å². The van der Waals surface area contributed by atoms with Crippen molar-refractivity contribution in [1.82, 2.24) is 19.9 Å². The van der Waals surface area contributed by atoms with Gasteiger partial charge in [-0.1, -0.05) is 0 Å². The van der Waals surface area contributed by atoms with Gasteiger partial charge in [0.2, 0.25) is 0 Å². The minimum atomic E-state index is -0.0753. The normalized spacial score (nSPS) is 11.0. The zero-order chi connectivity index (χ0) is 22.5. The van der Waals surface area contributed by atoms with Gasteiger partial charge in [-0.15, -0.1) is 11.8 Å². The minimum absolute atomic E-state index is 0.0753. The van der Waals surface area contributed by atoms with Crippen molar-refractivity contribution >= 4 is 45.7 Å². The second-order valence-corrected chi connectivity index (χ2v) is 8.31. The number of rotatable bonds is 8. The van der Waals surface area contributed by atoms with Gasteiger partial charge in [0.1, 0.15) is 17.5 Å². The molecule has 0 aliphatic carbocycles. The molecular weight excluding hydrogens is 420 g/mol. The third kappa shape index (κ3) is 4.92. The van der Waals surface area contributed by atoms with Gasteiger partial charge in [0.05, 0.1) is 5.39 Å². The Kier molecular flexibility index (Phi) is 6.72. The molecule has 0 aliphatic rings. The number of hydrogen-bond donors (Lipinski definition) is 3. The summed E-state index contributed by atoms with van der Waals surface area (Å²) in [5.41, 5.74) is 1.89. The molecule has 3 aromatic heterocycles. The van der Waals surface area contributed by atoms with Crippen molar-refractivity contribution in [3.8, 4) is 0 Å². The first-order valence-corrected chi connectivity index (χ1v) is 11.6. The van der Waals surface area contributed by atoms with Crippen molar-refractivity contribution in [2.24, 2.45) is 0 Å². The van der Waals surface area contributed by atoms with E-state index in [0.29, 0.717) is 35.9 Å². The van der Waals surface area contributed by atoms with Crippen LogP contribution >= 0.6 is 11.8 Å². The smallest absolute Gasteiger partial charge is 0.262 e. The first-order chi connectivity index (χ1) is 15.6. The number of anilines is 4. The van der Waals surface area contributed by atoms with Crippen molar-refractivity contribution < 1.29 is 0 Å². The summed E-state index contributed by atoms with van der Waals surface area (Å²) >= 11 is 1.68. The van der Waals surface area contributed by atoms with Crippen molar-refractivity contribution in [3.63, 3.8) is 0 Å². The molecule has 32 heavy (non-hydrogen) atoms. The third-order valence-electron chi connectivity index (χ3n) is 5.09. The van der Waals surface area contributed by atoms with Crippen molar-refractivity contribution in [1.29, 1.82) is 0 Å². The molecule has 0 saturated heterocycles. The summed E-state index contributed by atoms with van der Waals surface area (Å²) in [6, 6.07) is 15.8. The molecule has 0 unspecified atom stereocenters. The standard InChI is InChI=1S/C24H26N6OS/c1-16-8-10-26-20(14-16)28-21-15-17-9-12-30(13-11-25-2)24(31)22(17)23(29-21)27-18-4-6-19(32-3)7-5-18/h4-10,12,14-15,25H,11,13H2,1-3H3,(H2,26,27,28,29). The summed E-state index contributed by atoms with van der Waals surface area (Å²) in [6.07, 6.45) is 5.62. The Bertz CT molecular complexity index is 1290. The molecule has 0 saturated carbocycles. The second kappa shape index (κ2) is 9.84. The number of likely N-dealkylation sites (N-methyl/N-ethyl adjacent to an activating group) is 1. The SMILES string of the molecule is CNCCn1ccc2cc(Nc3cc(C)ccn3)nc(Nc3ccc(SC)cc3)c2c1=O. The first kappa shape index (κ1) is 21.9. The number of pyridine rings is 3. The van der Waals surface area contributed by atoms with Crippen LogP contribution in [0.1, 0.15) is 5.56 Å². The van der Waals surface area contributed by atoms with E-state index >= 15 is 0 Å². The summed E-state index contributed by atoms with van der Waals surface area (Å²) < 4.78 is 1.71. The van der Waals surface area contributed by atoms with Crippen LogP contribution in [-0.2, 0) is 6.54 Å². The number of benzene rings is 1. The van der Waals surface area contributed by atoms with Gasteiger partial charge in [-0.25, -0.2) is 9.97 Å². The first-order valence-electron chi connectivity index (χ1n) is 10.4. The number of thioether (sulfide) groups is 1. The molecule has 3 heterocycles. The molecule has 3 N–H and O–H groups in total. The van der Waals surface area contributed by atoms with E-state index in [1.807, 2.05) is 75.0 Å². The quantitative estimate of drug-likeness (QED) is 0.343. The minimum Gasteiger partial charge on any atom is -0.339 e. The Balaban J connectivity index is 1.80. The lowest BCUT2D eigenvalue weighted by Crippen LogP contribution is -2.25. The van der Waals surface area contributed by atoms with E-state index in [2.05, 4.69) is 20.9 Å². The average molecular weight is 447 g/mol. The molecule has 0 amide bonds. The fraction of sp³-hybridized carbons (Fsp3) is 0.208. The lowest BCUT2D eigenvalue weighted by molar-refractivity contribution is 0.630. The number of nitrogens with zero attached hydrogens (tertiary/aromatic N) is 3. The highest BCUT2D eigenvalue weighted by Gasteiger charge is 2.13. The summed E-state index contributed by atoms with van der Waals surface area (Å²) in [5, 5.41) is 11.1. The fourth-order valence-corrected chi connectivity index (χ4v) is 3.82. The highest BCUT2D eigenvalue weighted by molar-refractivity contribution is 7.98. The van der Waals surface area contributed by atoms with E-state index in [9.17, 15) is 4.79 Å². The Morgan fingerprint density at radius 2 is 1.84 bits per heavy atom. The van der Waals surface area contributed by atoms with Gasteiger partial charge < -0.3 is 20.5 Å². The molecular formula is C24H26N6OS. The van der Waals surface area contributed by atoms with Gasteiger partial charge in [0.25, 0.3) is 5.56 Å². The average Bonchev–Trinajstić information content (AvgIpc) is 2.79. The van der Waals surface area contributed by atoms with E-state index < -0.39 is 0 Å². The maximum absolute atomic E-state index is 13.3. The zero-order valence-electron chi connectivity index (χ0n) is 18.3. The number of nitrogens with one attached hydrogen (secondary N) is 3. The van der Waals surface area contributed by atoms with Crippen LogP contribution in [0.15, 0.2) is 70.6 Å². The molecule has 0 bridgehead atoms. The molecule has 0 radical (unpaired) electrons. The summed E-state index contributed by atoms with van der Waals surface area (Å²) in [6.45, 7) is 3.30. The van der Waals surface area contributed by atoms with Gasteiger partial charge in [-0.05, 0) is 79.7 Å². The van der Waals surface area contributed by atoms with Gasteiger partial charge >= 0.3 is 0 Å². The third-order valence-corrected chi connectivity index (χ3v) is 5.83. The van der Waals surface area contributed by atoms with Crippen LogP contribution in [0.2, 0.25) is 0 Å². The number of aryl methyl sites for hydroxylation is 1. The molecule has 8 heteroatoms. The Hall–Kier alpha value is -3.36. The van der Waals surface area contributed by atoms with E-state index in [1.165, 1.54) is 4.90 Å². The highest BCUT2D eigenvalue weighted by Crippen LogP contribution is 2.27. The summed E-state index contributed by atoms with van der Waals surface area (Å²) in [5.74, 6) is 1.83. The lowest BCUT2D eigenvalue weighted by atomic mass is 10.2. The zero-order valence-corrected chi connectivity index (χ0v) is 19.2. The Morgan fingerprint density at radius 3 is 2.56 bits per heavy atom. The van der Waals surface area contributed by atoms with Gasteiger partial charge in [-0.2, -0.15) is 0 Å². The molecule has 0 atom stereocenters. The van der Waals surface area contributed by atoms with Crippen LogP contribution in [0.3, 0.4) is 0 Å².